The zero-order valence-electron chi connectivity index (χ0n) is 24.4. The number of pyridine rings is 2. The second-order valence-electron chi connectivity index (χ2n) is 10.2. The topological polar surface area (TPSA) is 84.1 Å². The highest BCUT2D eigenvalue weighted by atomic mass is 32.1. The number of nitrogens with two attached hydrogens (primary N) is 1. The number of hydrogen-bond donors (Lipinski definition) is 3. The molecule has 0 amide bonds. The van der Waals surface area contributed by atoms with E-state index in [0.717, 1.165) is 30.6 Å². The molecule has 2 aromatic heterocycles. The predicted octanol–water partition coefficient (Wildman–Crippen LogP) is 6.65. The molecule has 3 heterocycles. The molecule has 0 spiro atoms. The van der Waals surface area contributed by atoms with E-state index in [9.17, 15) is 13.6 Å². The van der Waals surface area contributed by atoms with Crippen LogP contribution in [0.5, 0.6) is 0 Å². The molecule has 1 saturated heterocycles. The molecule has 4 unspecified atom stereocenters. The van der Waals surface area contributed by atoms with Crippen LogP contribution in [-0.2, 0) is 0 Å². The van der Waals surface area contributed by atoms with Gasteiger partial charge in [-0.3, -0.25) is 9.78 Å². The summed E-state index contributed by atoms with van der Waals surface area (Å²) in [6, 6.07) is 9.06. The van der Waals surface area contributed by atoms with Gasteiger partial charge < -0.3 is 16.0 Å². The van der Waals surface area contributed by atoms with Crippen LogP contribution in [0.15, 0.2) is 48.8 Å². The second-order valence-corrected chi connectivity index (χ2v) is 10.6. The van der Waals surface area contributed by atoms with Crippen molar-refractivity contribution in [1.82, 2.24) is 9.97 Å². The Balaban J connectivity index is 0.000000258. The molecule has 3 N–H and O–H groups in total. The molecule has 0 radical (unpaired) electrons. The molecular formula is C31H43F2N5OS. The largest absolute Gasteiger partial charge is 0.385 e. The van der Waals surface area contributed by atoms with E-state index in [1.54, 1.807) is 13.0 Å². The summed E-state index contributed by atoms with van der Waals surface area (Å²) in [6.07, 6.45) is 5.46. The number of carbonyl (C=O) groups is 1. The van der Waals surface area contributed by atoms with Gasteiger partial charge in [0, 0.05) is 37.9 Å². The van der Waals surface area contributed by atoms with Gasteiger partial charge in [-0.1, -0.05) is 46.2 Å². The Hall–Kier alpha value is -3.04. The number of benzene rings is 1. The molecule has 0 bridgehead atoms. The number of nitrogens with zero attached hydrogens (tertiary/aromatic N) is 3. The SMILES string of the molecule is CCC.CNc1cnccc1N1CC(N)C(C)C(C(C)CS)C1.Cc1cccc(F)c1-c1nc(C=O)ccc1F. The first-order valence-electron chi connectivity index (χ1n) is 13.7. The van der Waals surface area contributed by atoms with Gasteiger partial charge in [0.2, 0.25) is 0 Å². The number of aryl methyl sites for hydroxylation is 1. The van der Waals surface area contributed by atoms with E-state index in [1.165, 1.54) is 30.3 Å². The summed E-state index contributed by atoms with van der Waals surface area (Å²) >= 11 is 4.47. The molecule has 0 aliphatic carbocycles. The molecule has 1 fully saturated rings. The van der Waals surface area contributed by atoms with Crippen molar-refractivity contribution in [3.8, 4) is 11.3 Å². The molecule has 9 heteroatoms. The number of aromatic nitrogens is 2. The van der Waals surface area contributed by atoms with Crippen molar-refractivity contribution in [1.29, 1.82) is 0 Å². The molecule has 40 heavy (non-hydrogen) atoms. The Morgan fingerprint density at radius 3 is 2.48 bits per heavy atom. The zero-order chi connectivity index (χ0) is 29.8. The molecule has 218 valence electrons. The van der Waals surface area contributed by atoms with Crippen molar-refractivity contribution in [3.05, 3.63) is 71.7 Å². The van der Waals surface area contributed by atoms with Gasteiger partial charge in [0.05, 0.1) is 17.6 Å². The van der Waals surface area contributed by atoms with Crippen molar-refractivity contribution >= 4 is 30.3 Å². The molecule has 4 rings (SSSR count). The van der Waals surface area contributed by atoms with E-state index in [0.29, 0.717) is 29.6 Å². The number of piperidine rings is 1. The normalized spacial score (nSPS) is 18.9. The van der Waals surface area contributed by atoms with Crippen LogP contribution in [0.25, 0.3) is 11.3 Å². The zero-order valence-corrected chi connectivity index (χ0v) is 25.3. The lowest BCUT2D eigenvalue weighted by Crippen LogP contribution is -2.54. The van der Waals surface area contributed by atoms with E-state index in [4.69, 9.17) is 5.73 Å². The van der Waals surface area contributed by atoms with Gasteiger partial charge in [-0.2, -0.15) is 12.6 Å². The lowest BCUT2D eigenvalue weighted by Gasteiger charge is -2.44. The smallest absolute Gasteiger partial charge is 0.168 e. The fourth-order valence-corrected chi connectivity index (χ4v) is 5.02. The molecule has 1 aliphatic rings. The van der Waals surface area contributed by atoms with E-state index in [2.05, 4.69) is 66.6 Å². The van der Waals surface area contributed by atoms with Crippen LogP contribution in [0.2, 0.25) is 0 Å². The monoisotopic (exact) mass is 571 g/mol. The van der Waals surface area contributed by atoms with Gasteiger partial charge in [0.15, 0.2) is 6.29 Å². The minimum atomic E-state index is -0.649. The fourth-order valence-electron chi connectivity index (χ4n) is 4.75. The van der Waals surface area contributed by atoms with Crippen LogP contribution in [0, 0.1) is 36.3 Å². The third kappa shape index (κ3) is 8.48. The third-order valence-corrected chi connectivity index (χ3v) is 7.66. The Morgan fingerprint density at radius 1 is 1.18 bits per heavy atom. The first-order valence-corrected chi connectivity index (χ1v) is 14.4. The number of aldehydes is 1. The van der Waals surface area contributed by atoms with Crippen LogP contribution < -0.4 is 16.0 Å². The van der Waals surface area contributed by atoms with Crippen molar-refractivity contribution in [2.45, 2.75) is 47.1 Å². The Kier molecular flexibility index (Phi) is 13.5. The van der Waals surface area contributed by atoms with E-state index < -0.39 is 11.6 Å². The van der Waals surface area contributed by atoms with Crippen molar-refractivity contribution < 1.29 is 13.6 Å². The number of hydrogen-bond acceptors (Lipinski definition) is 7. The van der Waals surface area contributed by atoms with Gasteiger partial charge in [0.25, 0.3) is 0 Å². The van der Waals surface area contributed by atoms with Crippen LogP contribution in [0.1, 0.15) is 50.2 Å². The highest BCUT2D eigenvalue weighted by Gasteiger charge is 2.35. The van der Waals surface area contributed by atoms with Gasteiger partial charge in [-0.15, -0.1) is 0 Å². The van der Waals surface area contributed by atoms with Gasteiger partial charge in [-0.05, 0) is 60.3 Å². The number of thiol groups is 1. The molecule has 4 atom stereocenters. The maximum absolute atomic E-state index is 13.7. The van der Waals surface area contributed by atoms with Crippen molar-refractivity contribution in [2.75, 3.05) is 36.1 Å². The standard InChI is InChI=1S/C15H26N4S.C13H9F2NO.C3H8/c1-10(9-20)12-7-19(8-13(16)11(12)2)15-4-5-18-6-14(15)17-3;1-8-3-2-4-10(14)12(8)13-11(15)6-5-9(7-17)16-13;1-3-2/h4-6,10-13,17,20H,7-9,16H2,1-3H3;2-7H,1H3;3H2,1-2H3. The van der Waals surface area contributed by atoms with Crippen molar-refractivity contribution in [3.63, 3.8) is 0 Å². The number of halogens is 2. The van der Waals surface area contributed by atoms with Gasteiger partial charge in [0.1, 0.15) is 23.0 Å². The van der Waals surface area contributed by atoms with Crippen LogP contribution >= 0.6 is 12.6 Å². The van der Waals surface area contributed by atoms with Crippen molar-refractivity contribution in [2.24, 2.45) is 23.5 Å². The van der Waals surface area contributed by atoms with Gasteiger partial charge in [-0.25, -0.2) is 13.8 Å². The predicted molar refractivity (Wildman–Crippen MR) is 165 cm³/mol. The molecule has 1 aromatic carbocycles. The molecule has 1 aliphatic heterocycles. The number of rotatable bonds is 6. The fraction of sp³-hybridized carbons (Fsp3) is 0.452. The maximum Gasteiger partial charge on any atom is 0.168 e. The lowest BCUT2D eigenvalue weighted by molar-refractivity contribution is 0.111. The van der Waals surface area contributed by atoms with Crippen LogP contribution in [-0.4, -0.2) is 48.2 Å². The van der Waals surface area contributed by atoms with E-state index >= 15 is 0 Å². The Morgan fingerprint density at radius 2 is 1.88 bits per heavy atom. The first-order chi connectivity index (χ1) is 19.1. The summed E-state index contributed by atoms with van der Waals surface area (Å²) in [5, 5.41) is 3.22. The number of anilines is 2. The highest BCUT2D eigenvalue weighted by Crippen LogP contribution is 2.34. The highest BCUT2D eigenvalue weighted by molar-refractivity contribution is 7.80. The van der Waals surface area contributed by atoms with Crippen LogP contribution in [0.3, 0.4) is 0 Å². The minimum Gasteiger partial charge on any atom is -0.385 e. The second kappa shape index (κ2) is 16.3. The molecule has 0 saturated carbocycles. The quantitative estimate of drug-likeness (QED) is 0.227. The summed E-state index contributed by atoms with van der Waals surface area (Å²) in [4.78, 5) is 21.0. The average molecular weight is 572 g/mol. The Bertz CT molecular complexity index is 1210. The molecular weight excluding hydrogens is 528 g/mol. The molecule has 6 nitrogen and oxygen atoms in total. The summed E-state index contributed by atoms with van der Waals surface area (Å²) in [5.41, 5.74) is 9.23. The maximum atomic E-state index is 13.7. The van der Waals surface area contributed by atoms with E-state index in [-0.39, 0.29) is 23.0 Å². The first kappa shape index (κ1) is 33.2. The lowest BCUT2D eigenvalue weighted by atomic mass is 9.77. The van der Waals surface area contributed by atoms with Gasteiger partial charge >= 0.3 is 0 Å². The minimum absolute atomic E-state index is 0.0732. The Labute approximate surface area is 243 Å². The number of carbonyl (C=O) groups excluding carboxylic acids is 1. The average Bonchev–Trinajstić information content (AvgIpc) is 2.95. The third-order valence-electron chi connectivity index (χ3n) is 7.09. The summed E-state index contributed by atoms with van der Waals surface area (Å²) in [5.74, 6) is 1.39. The summed E-state index contributed by atoms with van der Waals surface area (Å²) in [7, 11) is 1.93. The number of nitrogens with one attached hydrogen (secondary N) is 1. The van der Waals surface area contributed by atoms with Crippen LogP contribution in [0.4, 0.5) is 20.2 Å². The summed E-state index contributed by atoms with van der Waals surface area (Å²) in [6.45, 7) is 12.4. The molecule has 3 aromatic rings. The van der Waals surface area contributed by atoms with E-state index in [1.807, 2.05) is 19.4 Å². The summed E-state index contributed by atoms with van der Waals surface area (Å²) < 4.78 is 27.3.